The third kappa shape index (κ3) is 2.25. The fraction of sp³-hybridized carbons (Fsp3) is 0.429. The van der Waals surface area contributed by atoms with Crippen molar-refractivity contribution in [2.75, 3.05) is 0 Å². The standard InChI is InChI=1S/C14H19N3S/c1-3-7-13-16-10-8-5-6-9-12(10)17(13)11(4-2)14(15)18/h5-6,8-9,11H,3-4,7H2,1-2H3,(H2,15,18). The Hall–Kier alpha value is -1.42. The zero-order chi connectivity index (χ0) is 13.1. The van der Waals surface area contributed by atoms with Crippen molar-refractivity contribution in [2.24, 2.45) is 5.73 Å². The fourth-order valence-corrected chi connectivity index (χ4v) is 2.63. The van der Waals surface area contributed by atoms with Gasteiger partial charge in [0.25, 0.3) is 0 Å². The molecule has 1 atom stereocenters. The molecule has 0 aliphatic rings. The molecule has 96 valence electrons. The first kappa shape index (κ1) is 13.0. The van der Waals surface area contributed by atoms with E-state index < -0.39 is 0 Å². The zero-order valence-corrected chi connectivity index (χ0v) is 11.7. The molecule has 0 spiro atoms. The highest BCUT2D eigenvalue weighted by atomic mass is 32.1. The summed E-state index contributed by atoms with van der Waals surface area (Å²) in [4.78, 5) is 5.24. The van der Waals surface area contributed by atoms with Crippen LogP contribution in [-0.4, -0.2) is 14.5 Å². The van der Waals surface area contributed by atoms with Gasteiger partial charge in [-0.1, -0.05) is 38.2 Å². The van der Waals surface area contributed by atoms with E-state index in [4.69, 9.17) is 22.9 Å². The van der Waals surface area contributed by atoms with Crippen molar-refractivity contribution in [2.45, 2.75) is 39.2 Å². The van der Waals surface area contributed by atoms with Gasteiger partial charge < -0.3 is 10.3 Å². The van der Waals surface area contributed by atoms with Crippen LogP contribution in [-0.2, 0) is 6.42 Å². The zero-order valence-electron chi connectivity index (χ0n) is 10.9. The quantitative estimate of drug-likeness (QED) is 0.840. The number of nitrogens with zero attached hydrogens (tertiary/aromatic N) is 2. The first-order chi connectivity index (χ1) is 8.69. The van der Waals surface area contributed by atoms with Crippen LogP contribution >= 0.6 is 12.2 Å². The molecule has 1 aromatic carbocycles. The van der Waals surface area contributed by atoms with Gasteiger partial charge in [0.2, 0.25) is 0 Å². The van der Waals surface area contributed by atoms with Gasteiger partial charge in [-0.2, -0.15) is 0 Å². The largest absolute Gasteiger partial charge is 0.392 e. The summed E-state index contributed by atoms with van der Waals surface area (Å²) >= 11 is 5.20. The van der Waals surface area contributed by atoms with Gasteiger partial charge >= 0.3 is 0 Å². The van der Waals surface area contributed by atoms with Gasteiger partial charge in [0.15, 0.2) is 0 Å². The van der Waals surface area contributed by atoms with Crippen LogP contribution in [0.3, 0.4) is 0 Å². The van der Waals surface area contributed by atoms with Crippen molar-refractivity contribution in [3.05, 3.63) is 30.1 Å². The summed E-state index contributed by atoms with van der Waals surface area (Å²) < 4.78 is 2.21. The van der Waals surface area contributed by atoms with Crippen molar-refractivity contribution in [1.29, 1.82) is 0 Å². The minimum absolute atomic E-state index is 0.0638. The van der Waals surface area contributed by atoms with Crippen molar-refractivity contribution in [3.8, 4) is 0 Å². The van der Waals surface area contributed by atoms with Gasteiger partial charge in [-0.25, -0.2) is 4.98 Å². The van der Waals surface area contributed by atoms with Crippen molar-refractivity contribution < 1.29 is 0 Å². The van der Waals surface area contributed by atoms with Crippen LogP contribution in [0.15, 0.2) is 24.3 Å². The number of hydrogen-bond donors (Lipinski definition) is 1. The van der Waals surface area contributed by atoms with Crippen molar-refractivity contribution in [3.63, 3.8) is 0 Å². The third-order valence-corrected chi connectivity index (χ3v) is 3.44. The fourth-order valence-electron chi connectivity index (χ4n) is 2.35. The number of thiocarbonyl (C=S) groups is 1. The van der Waals surface area contributed by atoms with Gasteiger partial charge in [0.05, 0.1) is 22.1 Å². The van der Waals surface area contributed by atoms with Crippen LogP contribution in [0.2, 0.25) is 0 Å². The van der Waals surface area contributed by atoms with Crippen LogP contribution in [0.25, 0.3) is 11.0 Å². The van der Waals surface area contributed by atoms with Gasteiger partial charge in [-0.3, -0.25) is 0 Å². The lowest BCUT2D eigenvalue weighted by Crippen LogP contribution is -2.25. The molecule has 1 unspecified atom stereocenters. The molecule has 0 saturated carbocycles. The summed E-state index contributed by atoms with van der Waals surface area (Å²) in [5.74, 6) is 1.08. The first-order valence-corrected chi connectivity index (χ1v) is 6.85. The molecule has 0 radical (unpaired) electrons. The molecule has 0 amide bonds. The second kappa shape index (κ2) is 5.48. The summed E-state index contributed by atoms with van der Waals surface area (Å²) in [6, 6.07) is 8.23. The second-order valence-corrected chi connectivity index (χ2v) is 4.93. The van der Waals surface area contributed by atoms with Gasteiger partial charge in [0.1, 0.15) is 5.82 Å². The monoisotopic (exact) mass is 261 g/mol. The maximum absolute atomic E-state index is 5.88. The Morgan fingerprint density at radius 2 is 2.11 bits per heavy atom. The number of benzene rings is 1. The molecule has 0 fully saturated rings. The second-order valence-electron chi connectivity index (χ2n) is 4.46. The van der Waals surface area contributed by atoms with Crippen LogP contribution < -0.4 is 5.73 Å². The SMILES string of the molecule is CCCc1nc2ccccc2n1C(CC)C(N)=S. The number of imidazole rings is 1. The number of fused-ring (bicyclic) bond motifs is 1. The molecule has 4 heteroatoms. The normalized spacial score (nSPS) is 12.8. The van der Waals surface area contributed by atoms with Gasteiger partial charge in [-0.15, -0.1) is 0 Å². The highest BCUT2D eigenvalue weighted by Crippen LogP contribution is 2.24. The Morgan fingerprint density at radius 3 is 2.72 bits per heavy atom. The molecular weight excluding hydrogens is 242 g/mol. The minimum Gasteiger partial charge on any atom is -0.392 e. The number of nitrogens with two attached hydrogens (primary N) is 1. The molecule has 2 aromatic rings. The lowest BCUT2D eigenvalue weighted by atomic mass is 10.2. The molecule has 1 aromatic heterocycles. The predicted octanol–water partition coefficient (Wildman–Crippen LogP) is 3.23. The highest BCUT2D eigenvalue weighted by molar-refractivity contribution is 7.80. The maximum atomic E-state index is 5.88. The third-order valence-electron chi connectivity index (χ3n) is 3.17. The maximum Gasteiger partial charge on any atom is 0.110 e. The molecule has 0 bridgehead atoms. The molecule has 2 rings (SSSR count). The summed E-state index contributed by atoms with van der Waals surface area (Å²) in [5, 5.41) is 0. The van der Waals surface area contributed by atoms with Crippen molar-refractivity contribution in [1.82, 2.24) is 9.55 Å². The van der Waals surface area contributed by atoms with Crippen LogP contribution in [0.5, 0.6) is 0 Å². The predicted molar refractivity (Wildman–Crippen MR) is 79.8 cm³/mol. The van der Waals surface area contributed by atoms with Crippen molar-refractivity contribution >= 4 is 28.2 Å². The molecule has 0 saturated heterocycles. The van der Waals surface area contributed by atoms with E-state index in [9.17, 15) is 0 Å². The summed E-state index contributed by atoms with van der Waals surface area (Å²) in [7, 11) is 0. The average molecular weight is 261 g/mol. The summed E-state index contributed by atoms with van der Waals surface area (Å²) in [6.45, 7) is 4.26. The smallest absolute Gasteiger partial charge is 0.110 e. The molecule has 0 aliphatic carbocycles. The van der Waals surface area contributed by atoms with E-state index in [2.05, 4.69) is 24.5 Å². The first-order valence-electron chi connectivity index (χ1n) is 6.44. The average Bonchev–Trinajstić information content (AvgIpc) is 2.69. The molecular formula is C14H19N3S. The Kier molecular flexibility index (Phi) is 3.97. The van der Waals surface area contributed by atoms with E-state index in [-0.39, 0.29) is 6.04 Å². The van der Waals surface area contributed by atoms with E-state index in [0.717, 1.165) is 36.1 Å². The number of aryl methyl sites for hydroxylation is 1. The van der Waals surface area contributed by atoms with E-state index in [0.29, 0.717) is 4.99 Å². The number of hydrogen-bond acceptors (Lipinski definition) is 2. The van der Waals surface area contributed by atoms with E-state index in [1.54, 1.807) is 0 Å². The van der Waals surface area contributed by atoms with E-state index >= 15 is 0 Å². The Balaban J connectivity index is 2.63. The van der Waals surface area contributed by atoms with Gasteiger partial charge in [-0.05, 0) is 25.0 Å². The summed E-state index contributed by atoms with van der Waals surface area (Å²) in [5.41, 5.74) is 8.03. The summed E-state index contributed by atoms with van der Waals surface area (Å²) in [6.07, 6.45) is 2.91. The Morgan fingerprint density at radius 1 is 1.39 bits per heavy atom. The minimum atomic E-state index is 0.0638. The van der Waals surface area contributed by atoms with E-state index in [1.807, 2.05) is 18.2 Å². The lowest BCUT2D eigenvalue weighted by Gasteiger charge is -2.19. The number of aromatic nitrogens is 2. The molecule has 3 nitrogen and oxygen atoms in total. The molecule has 2 N–H and O–H groups in total. The molecule has 1 heterocycles. The van der Waals surface area contributed by atoms with Gasteiger partial charge in [0, 0.05) is 6.42 Å². The number of para-hydroxylation sites is 2. The van der Waals surface area contributed by atoms with Crippen LogP contribution in [0.4, 0.5) is 0 Å². The Labute approximate surface area is 113 Å². The Bertz CT molecular complexity index is 559. The van der Waals surface area contributed by atoms with Crippen LogP contribution in [0.1, 0.15) is 38.6 Å². The topological polar surface area (TPSA) is 43.8 Å². The molecule has 18 heavy (non-hydrogen) atoms. The molecule has 0 aliphatic heterocycles. The lowest BCUT2D eigenvalue weighted by molar-refractivity contribution is 0.598. The number of rotatable bonds is 5. The highest BCUT2D eigenvalue weighted by Gasteiger charge is 2.19. The van der Waals surface area contributed by atoms with Crippen LogP contribution in [0, 0.1) is 0 Å². The van der Waals surface area contributed by atoms with E-state index in [1.165, 1.54) is 0 Å².